The molecular weight excluding hydrogens is 375 g/mol. The van der Waals surface area contributed by atoms with Crippen molar-refractivity contribution in [3.8, 4) is 0 Å². The summed E-state index contributed by atoms with van der Waals surface area (Å²) in [6, 6.07) is 11.5. The van der Waals surface area contributed by atoms with E-state index in [1.165, 1.54) is 24.3 Å². The Labute approximate surface area is 137 Å². The molecule has 23 heavy (non-hydrogen) atoms. The highest BCUT2D eigenvalue weighted by molar-refractivity contribution is 9.10. The number of fused-ring (bicyclic) bond motifs is 1. The molecule has 0 aliphatic carbocycles. The molecule has 0 unspecified atom stereocenters. The second-order valence-corrected chi connectivity index (χ2v) is 5.71. The van der Waals surface area contributed by atoms with Gasteiger partial charge in [-0.05, 0) is 36.4 Å². The molecule has 1 heterocycles. The fraction of sp³-hybridized carbons (Fsp3) is 0.0625. The lowest BCUT2D eigenvalue weighted by molar-refractivity contribution is -0.136. The third kappa shape index (κ3) is 3.24. The van der Waals surface area contributed by atoms with Crippen LogP contribution in [0.2, 0.25) is 0 Å². The lowest BCUT2D eigenvalue weighted by Crippen LogP contribution is -2.16. The van der Waals surface area contributed by atoms with Crippen molar-refractivity contribution in [3.63, 3.8) is 0 Å². The van der Waals surface area contributed by atoms with Crippen LogP contribution in [0, 0.1) is 0 Å². The number of alkyl halides is 3. The van der Waals surface area contributed by atoms with Gasteiger partial charge in [0.05, 0.1) is 11.3 Å². The topological polar surface area (TPSA) is 42.2 Å². The molecule has 0 radical (unpaired) electrons. The second-order valence-electron chi connectivity index (χ2n) is 4.79. The van der Waals surface area contributed by atoms with Crippen LogP contribution in [0.15, 0.2) is 57.4 Å². The van der Waals surface area contributed by atoms with Gasteiger partial charge < -0.3 is 9.73 Å². The number of carbonyl (C=O) groups is 1. The number of halogens is 4. The summed E-state index contributed by atoms with van der Waals surface area (Å²) >= 11 is 3.28. The number of para-hydroxylation sites is 1. The van der Waals surface area contributed by atoms with E-state index in [-0.39, 0.29) is 11.4 Å². The molecule has 1 aromatic heterocycles. The predicted octanol–water partition coefficient (Wildman–Crippen LogP) is 5.47. The van der Waals surface area contributed by atoms with E-state index in [0.29, 0.717) is 11.0 Å². The summed E-state index contributed by atoms with van der Waals surface area (Å²) in [6.45, 7) is 0. The van der Waals surface area contributed by atoms with Crippen molar-refractivity contribution in [1.82, 2.24) is 0 Å². The first-order valence-electron chi connectivity index (χ1n) is 6.51. The van der Waals surface area contributed by atoms with Crippen molar-refractivity contribution >= 4 is 38.5 Å². The predicted molar refractivity (Wildman–Crippen MR) is 83.3 cm³/mol. The molecule has 3 rings (SSSR count). The van der Waals surface area contributed by atoms with Crippen molar-refractivity contribution in [2.45, 2.75) is 6.18 Å². The molecule has 0 saturated heterocycles. The Kier molecular flexibility index (Phi) is 3.89. The molecule has 0 atom stereocenters. The maximum Gasteiger partial charge on any atom is 0.418 e. The molecule has 0 saturated carbocycles. The first-order valence-corrected chi connectivity index (χ1v) is 7.30. The lowest BCUT2D eigenvalue weighted by Gasteiger charge is -2.12. The second kappa shape index (κ2) is 5.73. The van der Waals surface area contributed by atoms with Crippen LogP contribution in [0.1, 0.15) is 16.1 Å². The molecule has 0 spiro atoms. The number of rotatable bonds is 2. The normalized spacial score (nSPS) is 11.7. The summed E-state index contributed by atoms with van der Waals surface area (Å²) in [5, 5.41) is 2.93. The molecule has 3 aromatic rings. The molecule has 7 heteroatoms. The van der Waals surface area contributed by atoms with Gasteiger partial charge in [0.25, 0.3) is 5.91 Å². The highest BCUT2D eigenvalue weighted by atomic mass is 79.9. The molecule has 0 aliphatic heterocycles. The van der Waals surface area contributed by atoms with Crippen molar-refractivity contribution < 1.29 is 22.4 Å². The summed E-state index contributed by atoms with van der Waals surface area (Å²) < 4.78 is 45.0. The molecule has 118 valence electrons. The highest BCUT2D eigenvalue weighted by Gasteiger charge is 2.33. The molecule has 1 N–H and O–H groups in total. The third-order valence-corrected chi connectivity index (χ3v) is 3.68. The van der Waals surface area contributed by atoms with Gasteiger partial charge in [-0.2, -0.15) is 13.2 Å². The minimum atomic E-state index is -4.55. The first-order chi connectivity index (χ1) is 10.8. The van der Waals surface area contributed by atoms with Crippen LogP contribution in [0.3, 0.4) is 0 Å². The summed E-state index contributed by atoms with van der Waals surface area (Å²) in [7, 11) is 0. The largest absolute Gasteiger partial charge is 0.451 e. The van der Waals surface area contributed by atoms with Crippen LogP contribution in [0.4, 0.5) is 18.9 Å². The van der Waals surface area contributed by atoms with Crippen LogP contribution in [0.5, 0.6) is 0 Å². The summed E-state index contributed by atoms with van der Waals surface area (Å²) in [5.41, 5.74) is -0.757. The Hall–Kier alpha value is -2.28. The van der Waals surface area contributed by atoms with Gasteiger partial charge in [0.1, 0.15) is 5.58 Å². The van der Waals surface area contributed by atoms with E-state index in [1.54, 1.807) is 18.2 Å². The van der Waals surface area contributed by atoms with Crippen molar-refractivity contribution in [1.29, 1.82) is 0 Å². The molecule has 2 aromatic carbocycles. The molecule has 1 amide bonds. The zero-order chi connectivity index (χ0) is 16.6. The fourth-order valence-corrected chi connectivity index (χ4v) is 2.48. The molecule has 0 fully saturated rings. The van der Waals surface area contributed by atoms with E-state index >= 15 is 0 Å². The van der Waals surface area contributed by atoms with Gasteiger partial charge in [-0.15, -0.1) is 0 Å². The Bertz CT molecular complexity index is 886. The van der Waals surface area contributed by atoms with Gasteiger partial charge in [-0.1, -0.05) is 28.1 Å². The van der Waals surface area contributed by atoms with Crippen molar-refractivity contribution in [2.24, 2.45) is 0 Å². The third-order valence-electron chi connectivity index (χ3n) is 3.19. The van der Waals surface area contributed by atoms with Gasteiger partial charge in [-0.3, -0.25) is 4.79 Å². The zero-order valence-electron chi connectivity index (χ0n) is 11.4. The first kappa shape index (κ1) is 15.6. The number of furan rings is 1. The van der Waals surface area contributed by atoms with Gasteiger partial charge in [0.15, 0.2) is 5.76 Å². The minimum absolute atomic E-state index is 0.0601. The molecule has 3 nitrogen and oxygen atoms in total. The SMILES string of the molecule is O=C(Nc1ccccc1C(F)(F)F)c1cc2ccc(Br)cc2o1. The Morgan fingerprint density at radius 3 is 2.57 bits per heavy atom. The molecule has 0 bridgehead atoms. The minimum Gasteiger partial charge on any atom is -0.451 e. The number of hydrogen-bond donors (Lipinski definition) is 1. The number of amides is 1. The number of carbonyl (C=O) groups excluding carboxylic acids is 1. The summed E-state index contributed by atoms with van der Waals surface area (Å²) in [4.78, 5) is 12.2. The maximum atomic E-state index is 12.9. The fourth-order valence-electron chi connectivity index (χ4n) is 2.14. The highest BCUT2D eigenvalue weighted by Crippen LogP contribution is 2.35. The smallest absolute Gasteiger partial charge is 0.418 e. The van der Waals surface area contributed by atoms with E-state index in [9.17, 15) is 18.0 Å². The van der Waals surface area contributed by atoms with E-state index in [4.69, 9.17) is 4.42 Å². The Morgan fingerprint density at radius 2 is 1.83 bits per heavy atom. The van der Waals surface area contributed by atoms with Gasteiger partial charge >= 0.3 is 6.18 Å². The summed E-state index contributed by atoms with van der Waals surface area (Å²) in [6.07, 6.45) is -4.55. The Morgan fingerprint density at radius 1 is 1.09 bits per heavy atom. The number of benzene rings is 2. The number of nitrogens with one attached hydrogen (secondary N) is 1. The number of anilines is 1. The van der Waals surface area contributed by atoms with Crippen molar-refractivity contribution in [3.05, 3.63) is 64.3 Å². The standard InChI is InChI=1S/C16H9BrF3NO2/c17-10-6-5-9-7-14(23-13(9)8-10)15(22)21-12-4-2-1-3-11(12)16(18,19)20/h1-8H,(H,21,22). The zero-order valence-corrected chi connectivity index (χ0v) is 13.0. The molecule has 0 aliphatic rings. The van der Waals surface area contributed by atoms with E-state index < -0.39 is 17.6 Å². The molecular formula is C16H9BrF3NO2. The monoisotopic (exact) mass is 383 g/mol. The van der Waals surface area contributed by atoms with Crippen LogP contribution >= 0.6 is 15.9 Å². The van der Waals surface area contributed by atoms with E-state index in [2.05, 4.69) is 21.2 Å². The maximum absolute atomic E-state index is 12.9. The van der Waals surface area contributed by atoms with E-state index in [0.717, 1.165) is 10.5 Å². The van der Waals surface area contributed by atoms with Crippen molar-refractivity contribution in [2.75, 3.05) is 5.32 Å². The van der Waals surface area contributed by atoms with Crippen LogP contribution < -0.4 is 5.32 Å². The Balaban J connectivity index is 1.92. The average molecular weight is 384 g/mol. The van der Waals surface area contributed by atoms with Crippen LogP contribution in [-0.4, -0.2) is 5.91 Å². The van der Waals surface area contributed by atoms with Gasteiger partial charge in [-0.25, -0.2) is 0 Å². The van der Waals surface area contributed by atoms with E-state index in [1.807, 2.05) is 0 Å². The van der Waals surface area contributed by atoms with Crippen LogP contribution in [-0.2, 0) is 6.18 Å². The number of hydrogen-bond acceptors (Lipinski definition) is 2. The van der Waals surface area contributed by atoms with Gasteiger partial charge in [0.2, 0.25) is 0 Å². The summed E-state index contributed by atoms with van der Waals surface area (Å²) in [5.74, 6) is -0.802. The quantitative estimate of drug-likeness (QED) is 0.637. The van der Waals surface area contributed by atoms with Gasteiger partial charge in [0, 0.05) is 9.86 Å². The van der Waals surface area contributed by atoms with Crippen LogP contribution in [0.25, 0.3) is 11.0 Å². The average Bonchev–Trinajstić information content (AvgIpc) is 2.89. The lowest BCUT2D eigenvalue weighted by atomic mass is 10.1.